The number of benzene rings is 5. The molecular weight excluding hydrogens is 424 g/mol. The average Bonchev–Trinajstić information content (AvgIpc) is 3.55. The topological polar surface area (TPSA) is 17.3 Å². The maximum atomic E-state index is 4.63. The Kier molecular flexibility index (Phi) is 3.55. The lowest BCUT2D eigenvalue weighted by Gasteiger charge is -2.23. The third-order valence-corrected chi connectivity index (χ3v) is 8.20. The van der Waals surface area contributed by atoms with Crippen LogP contribution in [-0.4, -0.2) is 10.8 Å². The van der Waals surface area contributed by atoms with Gasteiger partial charge < -0.3 is 4.57 Å². The molecule has 0 atom stereocenters. The first-order valence-electron chi connectivity index (χ1n) is 12.4. The van der Waals surface area contributed by atoms with Crippen LogP contribution in [0.5, 0.6) is 0 Å². The van der Waals surface area contributed by atoms with Gasteiger partial charge >= 0.3 is 0 Å². The van der Waals surface area contributed by atoms with E-state index in [1.807, 2.05) is 6.21 Å². The number of hydrogen-bond donors (Lipinski definition) is 0. The predicted molar refractivity (Wildman–Crippen MR) is 148 cm³/mol. The van der Waals surface area contributed by atoms with Crippen LogP contribution in [0.1, 0.15) is 30.5 Å². The molecule has 0 saturated heterocycles. The monoisotopic (exact) mass is 448 g/mol. The van der Waals surface area contributed by atoms with E-state index < -0.39 is 0 Å². The van der Waals surface area contributed by atoms with Crippen molar-refractivity contribution in [3.05, 3.63) is 108 Å². The summed E-state index contributed by atoms with van der Waals surface area (Å²) in [4.78, 5) is 4.63. The van der Waals surface area contributed by atoms with E-state index in [2.05, 4.69) is 114 Å². The summed E-state index contributed by atoms with van der Waals surface area (Å²) in [5.74, 6) is 0. The number of hydrogen-bond acceptors (Lipinski definition) is 1. The molecule has 5 aromatic carbocycles. The SMILES string of the molecule is CC1(C)c2ccccc2-c2ccc3ccc4c(c5ccccc5n4-c4ccc5c(c4)N=CC5)c3c21. The zero-order valence-corrected chi connectivity index (χ0v) is 19.8. The molecule has 2 nitrogen and oxygen atoms in total. The van der Waals surface area contributed by atoms with Crippen LogP contribution in [0.2, 0.25) is 0 Å². The van der Waals surface area contributed by atoms with Crippen LogP contribution < -0.4 is 0 Å². The van der Waals surface area contributed by atoms with Crippen molar-refractivity contribution in [1.29, 1.82) is 0 Å². The quantitative estimate of drug-likeness (QED) is 0.240. The summed E-state index contributed by atoms with van der Waals surface area (Å²) in [6.45, 7) is 4.77. The molecule has 0 bridgehead atoms. The third-order valence-electron chi connectivity index (χ3n) is 8.20. The number of fused-ring (bicyclic) bond motifs is 10. The van der Waals surface area contributed by atoms with E-state index >= 15 is 0 Å². The van der Waals surface area contributed by atoms with E-state index in [4.69, 9.17) is 0 Å². The third kappa shape index (κ3) is 2.37. The molecule has 35 heavy (non-hydrogen) atoms. The van der Waals surface area contributed by atoms with Crippen molar-refractivity contribution in [2.45, 2.75) is 25.7 Å². The summed E-state index contributed by atoms with van der Waals surface area (Å²) >= 11 is 0. The molecule has 8 rings (SSSR count). The molecule has 0 saturated carbocycles. The van der Waals surface area contributed by atoms with E-state index in [0.29, 0.717) is 0 Å². The second-order valence-electron chi connectivity index (χ2n) is 10.4. The van der Waals surface area contributed by atoms with Crippen molar-refractivity contribution in [1.82, 2.24) is 4.57 Å². The molecule has 6 aromatic rings. The Labute approximate surface area is 204 Å². The maximum absolute atomic E-state index is 4.63. The zero-order valence-electron chi connectivity index (χ0n) is 19.8. The highest BCUT2D eigenvalue weighted by molar-refractivity contribution is 6.23. The molecule has 0 radical (unpaired) electrons. The highest BCUT2D eigenvalue weighted by Crippen LogP contribution is 2.53. The Morgan fingerprint density at radius 3 is 2.51 bits per heavy atom. The second kappa shape index (κ2) is 6.49. The van der Waals surface area contributed by atoms with Gasteiger partial charge in [-0.25, -0.2) is 0 Å². The lowest BCUT2D eigenvalue weighted by atomic mass is 9.79. The van der Waals surface area contributed by atoms with Gasteiger partial charge in [-0.05, 0) is 62.9 Å². The van der Waals surface area contributed by atoms with Gasteiger partial charge in [0.15, 0.2) is 0 Å². The van der Waals surface area contributed by atoms with Crippen molar-refractivity contribution in [2.24, 2.45) is 4.99 Å². The Bertz CT molecular complexity index is 1900. The largest absolute Gasteiger partial charge is 0.309 e. The van der Waals surface area contributed by atoms with E-state index in [1.54, 1.807) is 0 Å². The summed E-state index contributed by atoms with van der Waals surface area (Å²) in [6, 6.07) is 33.7. The van der Waals surface area contributed by atoms with E-state index in [1.165, 1.54) is 66.1 Å². The first-order valence-corrected chi connectivity index (χ1v) is 12.4. The van der Waals surface area contributed by atoms with Crippen LogP contribution in [0.3, 0.4) is 0 Å². The van der Waals surface area contributed by atoms with Gasteiger partial charge in [-0.2, -0.15) is 0 Å². The van der Waals surface area contributed by atoms with Crippen LogP contribution in [0.15, 0.2) is 96.0 Å². The molecule has 2 heterocycles. The number of nitrogens with zero attached hydrogens (tertiary/aromatic N) is 2. The van der Waals surface area contributed by atoms with Crippen molar-refractivity contribution >= 4 is 44.5 Å². The molecule has 0 fully saturated rings. The molecule has 0 unspecified atom stereocenters. The number of para-hydroxylation sites is 1. The molecular formula is C33H24N2. The predicted octanol–water partition coefficient (Wildman–Crippen LogP) is 8.50. The smallest absolute Gasteiger partial charge is 0.0682 e. The molecule has 0 spiro atoms. The molecule has 166 valence electrons. The fraction of sp³-hybridized carbons (Fsp3) is 0.121. The fourth-order valence-electron chi connectivity index (χ4n) is 6.65. The normalized spacial score (nSPS) is 15.1. The second-order valence-corrected chi connectivity index (χ2v) is 10.4. The fourth-order valence-corrected chi connectivity index (χ4v) is 6.65. The standard InChI is InChI=1S/C33H24N2/c1-33(2)26-9-5-3-7-23(26)24-15-12-21-13-16-29-31(30(21)32(24)33)25-8-4-6-10-28(25)35(29)22-14-11-20-17-18-34-27(20)19-22/h3-16,18-19H,17H2,1-2H3. The van der Waals surface area contributed by atoms with Crippen LogP contribution in [0, 0.1) is 0 Å². The van der Waals surface area contributed by atoms with Crippen LogP contribution in [0.4, 0.5) is 5.69 Å². The molecule has 1 aromatic heterocycles. The number of aliphatic imine (C=N–C) groups is 1. The zero-order chi connectivity index (χ0) is 23.3. The first kappa shape index (κ1) is 19.2. The highest BCUT2D eigenvalue weighted by Gasteiger charge is 2.37. The number of aromatic nitrogens is 1. The highest BCUT2D eigenvalue weighted by atomic mass is 15.0. The summed E-state index contributed by atoms with van der Waals surface area (Å²) in [6.07, 6.45) is 2.94. The average molecular weight is 449 g/mol. The molecule has 1 aliphatic carbocycles. The molecule has 1 aliphatic heterocycles. The lowest BCUT2D eigenvalue weighted by Crippen LogP contribution is -2.15. The van der Waals surface area contributed by atoms with Crippen molar-refractivity contribution < 1.29 is 0 Å². The minimum Gasteiger partial charge on any atom is -0.309 e. The van der Waals surface area contributed by atoms with E-state index in [0.717, 1.165) is 12.1 Å². The van der Waals surface area contributed by atoms with Gasteiger partial charge in [0.05, 0.1) is 16.7 Å². The van der Waals surface area contributed by atoms with Crippen molar-refractivity contribution in [2.75, 3.05) is 0 Å². The Morgan fingerprint density at radius 2 is 1.57 bits per heavy atom. The summed E-state index contributed by atoms with van der Waals surface area (Å²) in [5.41, 5.74) is 11.6. The van der Waals surface area contributed by atoms with Crippen LogP contribution in [0.25, 0.3) is 49.4 Å². The summed E-state index contributed by atoms with van der Waals surface area (Å²) < 4.78 is 2.42. The molecule has 0 N–H and O–H groups in total. The van der Waals surface area contributed by atoms with Crippen LogP contribution in [-0.2, 0) is 11.8 Å². The van der Waals surface area contributed by atoms with Crippen LogP contribution >= 0.6 is 0 Å². The first-order chi connectivity index (χ1) is 17.1. The van der Waals surface area contributed by atoms with E-state index in [-0.39, 0.29) is 5.41 Å². The van der Waals surface area contributed by atoms with Gasteiger partial charge in [-0.3, -0.25) is 4.99 Å². The van der Waals surface area contributed by atoms with Gasteiger partial charge in [0.25, 0.3) is 0 Å². The van der Waals surface area contributed by atoms with Crippen molar-refractivity contribution in [3.8, 4) is 16.8 Å². The number of rotatable bonds is 1. The molecule has 2 heteroatoms. The van der Waals surface area contributed by atoms with Gasteiger partial charge in [0.1, 0.15) is 0 Å². The van der Waals surface area contributed by atoms with E-state index in [9.17, 15) is 0 Å². The van der Waals surface area contributed by atoms with Crippen molar-refractivity contribution in [3.63, 3.8) is 0 Å². The molecule has 0 amide bonds. The minimum atomic E-state index is -0.0643. The summed E-state index contributed by atoms with van der Waals surface area (Å²) in [5, 5.41) is 5.34. The summed E-state index contributed by atoms with van der Waals surface area (Å²) in [7, 11) is 0. The Hall–Kier alpha value is -4.17. The Balaban J connectivity index is 1.56. The van der Waals surface area contributed by atoms with Gasteiger partial charge in [0, 0.05) is 34.5 Å². The molecule has 2 aliphatic rings. The Morgan fingerprint density at radius 1 is 0.743 bits per heavy atom. The van der Waals surface area contributed by atoms with Gasteiger partial charge in [0.2, 0.25) is 0 Å². The van der Waals surface area contributed by atoms with Gasteiger partial charge in [-0.15, -0.1) is 0 Å². The minimum absolute atomic E-state index is 0.0643. The van der Waals surface area contributed by atoms with Gasteiger partial charge in [-0.1, -0.05) is 80.6 Å². The lowest BCUT2D eigenvalue weighted by molar-refractivity contribution is 0.666. The maximum Gasteiger partial charge on any atom is 0.0682 e.